The van der Waals surface area contributed by atoms with Crippen LogP contribution in [0.5, 0.6) is 11.5 Å². The molecular weight excluding hydrogens is 402 g/mol. The monoisotopic (exact) mass is 431 g/mol. The van der Waals surface area contributed by atoms with Gasteiger partial charge in [-0.05, 0) is 62.1 Å². The molecular formula is C23H29NO5S. The Kier molecular flexibility index (Phi) is 6.71. The Hall–Kier alpha value is -2.54. The number of methoxy groups -OCH3 is 1. The van der Waals surface area contributed by atoms with E-state index in [1.165, 1.54) is 0 Å². The first-order valence-electron chi connectivity index (χ1n) is 10.1. The third-order valence-electron chi connectivity index (χ3n) is 5.65. The molecule has 7 heteroatoms. The van der Waals surface area contributed by atoms with E-state index in [2.05, 4.69) is 0 Å². The SMILES string of the molecule is COc1ccc(CN(C(=O)C(C)Oc2cccc(C)c2C)C2CCS(=O)(=O)C2)cc1. The smallest absolute Gasteiger partial charge is 0.263 e. The Morgan fingerprint density at radius 2 is 1.87 bits per heavy atom. The highest BCUT2D eigenvalue weighted by molar-refractivity contribution is 7.91. The van der Waals surface area contributed by atoms with Crippen molar-refractivity contribution in [2.75, 3.05) is 18.6 Å². The lowest BCUT2D eigenvalue weighted by Gasteiger charge is -2.31. The van der Waals surface area contributed by atoms with Crippen LogP contribution in [0.25, 0.3) is 0 Å². The van der Waals surface area contributed by atoms with Gasteiger partial charge in [0.1, 0.15) is 11.5 Å². The number of aryl methyl sites for hydroxylation is 1. The number of carbonyl (C=O) groups is 1. The van der Waals surface area contributed by atoms with Crippen LogP contribution in [-0.4, -0.2) is 50.0 Å². The van der Waals surface area contributed by atoms with E-state index < -0.39 is 15.9 Å². The summed E-state index contributed by atoms with van der Waals surface area (Å²) >= 11 is 0. The maximum Gasteiger partial charge on any atom is 0.263 e. The van der Waals surface area contributed by atoms with Gasteiger partial charge >= 0.3 is 0 Å². The zero-order chi connectivity index (χ0) is 21.9. The molecule has 30 heavy (non-hydrogen) atoms. The average Bonchev–Trinajstić information content (AvgIpc) is 3.09. The predicted octanol–water partition coefficient (Wildman–Crippen LogP) is 3.30. The summed E-state index contributed by atoms with van der Waals surface area (Å²) in [5.74, 6) is 1.28. The number of benzene rings is 2. The van der Waals surface area contributed by atoms with E-state index in [-0.39, 0.29) is 23.5 Å². The summed E-state index contributed by atoms with van der Waals surface area (Å²) in [4.78, 5) is 15.0. The normalized spacial score (nSPS) is 18.6. The van der Waals surface area contributed by atoms with Gasteiger partial charge in [0, 0.05) is 12.6 Å². The van der Waals surface area contributed by atoms with Crippen LogP contribution in [0.4, 0.5) is 0 Å². The number of rotatable bonds is 7. The average molecular weight is 432 g/mol. The molecule has 2 unspecified atom stereocenters. The van der Waals surface area contributed by atoms with Crippen LogP contribution in [0.2, 0.25) is 0 Å². The van der Waals surface area contributed by atoms with Crippen molar-refractivity contribution in [2.24, 2.45) is 0 Å². The van der Waals surface area contributed by atoms with Gasteiger partial charge in [-0.1, -0.05) is 24.3 Å². The Balaban J connectivity index is 1.82. The Labute approximate surface area is 178 Å². The van der Waals surface area contributed by atoms with Crippen molar-refractivity contribution in [3.63, 3.8) is 0 Å². The molecule has 0 aromatic heterocycles. The lowest BCUT2D eigenvalue weighted by Crippen LogP contribution is -2.46. The second-order valence-corrected chi connectivity index (χ2v) is 10.1. The van der Waals surface area contributed by atoms with E-state index in [1.807, 2.05) is 56.3 Å². The summed E-state index contributed by atoms with van der Waals surface area (Å²) in [6, 6.07) is 12.8. The molecule has 2 atom stereocenters. The molecule has 6 nitrogen and oxygen atoms in total. The van der Waals surface area contributed by atoms with Crippen LogP contribution in [0.1, 0.15) is 30.0 Å². The fourth-order valence-corrected chi connectivity index (χ4v) is 5.39. The molecule has 0 radical (unpaired) electrons. The highest BCUT2D eigenvalue weighted by atomic mass is 32.2. The molecule has 3 rings (SSSR count). The van der Waals surface area contributed by atoms with Crippen LogP contribution >= 0.6 is 0 Å². The molecule has 1 heterocycles. The molecule has 162 valence electrons. The fourth-order valence-electron chi connectivity index (χ4n) is 3.66. The van der Waals surface area contributed by atoms with Crippen LogP contribution < -0.4 is 9.47 Å². The van der Waals surface area contributed by atoms with Gasteiger partial charge in [0.05, 0.1) is 18.6 Å². The zero-order valence-corrected chi connectivity index (χ0v) is 18.7. The first kappa shape index (κ1) is 22.2. The van der Waals surface area contributed by atoms with E-state index in [0.717, 1.165) is 22.4 Å². The predicted molar refractivity (Wildman–Crippen MR) is 117 cm³/mol. The number of amides is 1. The summed E-state index contributed by atoms with van der Waals surface area (Å²) < 4.78 is 35.3. The molecule has 0 saturated carbocycles. The maximum atomic E-state index is 13.4. The van der Waals surface area contributed by atoms with E-state index in [9.17, 15) is 13.2 Å². The third kappa shape index (κ3) is 5.14. The molecule has 0 bridgehead atoms. The van der Waals surface area contributed by atoms with Gasteiger partial charge < -0.3 is 14.4 Å². The second-order valence-electron chi connectivity index (χ2n) is 7.83. The molecule has 2 aromatic carbocycles. The van der Waals surface area contributed by atoms with Crippen LogP contribution in [-0.2, 0) is 21.2 Å². The maximum absolute atomic E-state index is 13.4. The molecule has 1 aliphatic rings. The van der Waals surface area contributed by atoms with Crippen molar-refractivity contribution in [3.05, 3.63) is 59.2 Å². The highest BCUT2D eigenvalue weighted by Gasteiger charge is 2.36. The van der Waals surface area contributed by atoms with Crippen molar-refractivity contribution < 1.29 is 22.7 Å². The number of hydrogen-bond donors (Lipinski definition) is 0. The van der Waals surface area contributed by atoms with Crippen LogP contribution in [0, 0.1) is 13.8 Å². The van der Waals surface area contributed by atoms with Crippen molar-refractivity contribution in [3.8, 4) is 11.5 Å². The first-order valence-corrected chi connectivity index (χ1v) is 11.9. The van der Waals surface area contributed by atoms with Gasteiger partial charge in [0.15, 0.2) is 15.9 Å². The molecule has 1 aliphatic heterocycles. The van der Waals surface area contributed by atoms with Gasteiger partial charge in [-0.25, -0.2) is 8.42 Å². The Bertz CT molecular complexity index is 1000. The van der Waals surface area contributed by atoms with Gasteiger partial charge in [0.2, 0.25) is 0 Å². The van der Waals surface area contributed by atoms with Gasteiger partial charge in [-0.2, -0.15) is 0 Å². The van der Waals surface area contributed by atoms with Crippen molar-refractivity contribution in [1.82, 2.24) is 4.90 Å². The molecule has 0 N–H and O–H groups in total. The van der Waals surface area contributed by atoms with E-state index >= 15 is 0 Å². The number of nitrogens with zero attached hydrogens (tertiary/aromatic N) is 1. The minimum absolute atomic E-state index is 0.00884. The summed E-state index contributed by atoms with van der Waals surface area (Å²) in [6.45, 7) is 5.99. The number of carbonyl (C=O) groups excluding carboxylic acids is 1. The standard InChI is InChI=1S/C23H29NO5S/c1-16-6-5-7-22(17(16)2)29-18(3)23(25)24(20-12-13-30(26,27)15-20)14-19-8-10-21(28-4)11-9-19/h5-11,18,20H,12-15H2,1-4H3. The second kappa shape index (κ2) is 9.08. The van der Waals surface area contributed by atoms with Gasteiger partial charge in [-0.15, -0.1) is 0 Å². The summed E-state index contributed by atoms with van der Waals surface area (Å²) in [5, 5.41) is 0. The molecule has 1 saturated heterocycles. The minimum Gasteiger partial charge on any atom is -0.497 e. The topological polar surface area (TPSA) is 72.9 Å². The number of hydrogen-bond acceptors (Lipinski definition) is 5. The summed E-state index contributed by atoms with van der Waals surface area (Å²) in [5.41, 5.74) is 2.99. The summed E-state index contributed by atoms with van der Waals surface area (Å²) in [6.07, 6.45) is -0.285. The minimum atomic E-state index is -3.13. The van der Waals surface area contributed by atoms with Crippen molar-refractivity contribution >= 4 is 15.7 Å². The van der Waals surface area contributed by atoms with E-state index in [4.69, 9.17) is 9.47 Å². The van der Waals surface area contributed by atoms with E-state index in [0.29, 0.717) is 18.7 Å². The lowest BCUT2D eigenvalue weighted by atomic mass is 10.1. The van der Waals surface area contributed by atoms with Gasteiger partial charge in [0.25, 0.3) is 5.91 Å². The first-order chi connectivity index (χ1) is 14.2. The van der Waals surface area contributed by atoms with E-state index in [1.54, 1.807) is 18.9 Å². The molecule has 0 aliphatic carbocycles. The third-order valence-corrected chi connectivity index (χ3v) is 7.40. The Morgan fingerprint density at radius 3 is 2.47 bits per heavy atom. The molecule has 2 aromatic rings. The zero-order valence-electron chi connectivity index (χ0n) is 17.9. The van der Waals surface area contributed by atoms with Crippen LogP contribution in [0.15, 0.2) is 42.5 Å². The van der Waals surface area contributed by atoms with Crippen LogP contribution in [0.3, 0.4) is 0 Å². The quantitative estimate of drug-likeness (QED) is 0.673. The van der Waals surface area contributed by atoms with Crippen molar-refractivity contribution in [2.45, 2.75) is 45.9 Å². The van der Waals surface area contributed by atoms with Gasteiger partial charge in [-0.3, -0.25) is 4.79 Å². The summed E-state index contributed by atoms with van der Waals surface area (Å²) in [7, 11) is -1.53. The fraction of sp³-hybridized carbons (Fsp3) is 0.435. The molecule has 1 amide bonds. The molecule has 0 spiro atoms. The largest absolute Gasteiger partial charge is 0.497 e. The molecule has 1 fully saturated rings. The number of sulfone groups is 1. The Morgan fingerprint density at radius 1 is 1.17 bits per heavy atom. The highest BCUT2D eigenvalue weighted by Crippen LogP contribution is 2.25. The number of ether oxygens (including phenoxy) is 2. The van der Waals surface area contributed by atoms with Crippen molar-refractivity contribution in [1.29, 1.82) is 0 Å². The lowest BCUT2D eigenvalue weighted by molar-refractivity contribution is -0.140.